The fraction of sp³-hybridized carbons (Fsp3) is 0.333. The van der Waals surface area contributed by atoms with Crippen molar-refractivity contribution in [2.45, 2.75) is 32.9 Å². The first-order valence-electron chi connectivity index (χ1n) is 6.42. The van der Waals surface area contributed by atoms with Crippen molar-refractivity contribution in [3.05, 3.63) is 46.2 Å². The van der Waals surface area contributed by atoms with Gasteiger partial charge in [0.25, 0.3) is 0 Å². The van der Waals surface area contributed by atoms with Crippen molar-refractivity contribution in [2.75, 3.05) is 0 Å². The minimum atomic E-state index is -0.515. The third-order valence-electron chi connectivity index (χ3n) is 2.66. The SMILES string of the molecule is CC(C)(C)OC(=O)NCc1ccc2c(=O)cc[nH]c2c1. The van der Waals surface area contributed by atoms with Crippen molar-refractivity contribution in [1.82, 2.24) is 10.3 Å². The molecule has 5 heteroatoms. The van der Waals surface area contributed by atoms with Crippen molar-refractivity contribution in [3.63, 3.8) is 0 Å². The number of carbonyl (C=O) groups is 1. The van der Waals surface area contributed by atoms with E-state index in [4.69, 9.17) is 4.74 Å². The molecule has 1 aromatic heterocycles. The number of amides is 1. The number of hydrogen-bond donors (Lipinski definition) is 2. The molecule has 1 aromatic carbocycles. The summed E-state index contributed by atoms with van der Waals surface area (Å²) in [5.41, 5.74) is 1.11. The Bertz CT molecular complexity index is 683. The predicted octanol–water partition coefficient (Wildman–Crippen LogP) is 2.55. The van der Waals surface area contributed by atoms with Crippen LogP contribution in [-0.2, 0) is 11.3 Å². The zero-order valence-corrected chi connectivity index (χ0v) is 11.8. The Morgan fingerprint density at radius 1 is 1.30 bits per heavy atom. The Morgan fingerprint density at radius 2 is 2.05 bits per heavy atom. The van der Waals surface area contributed by atoms with Crippen molar-refractivity contribution in [1.29, 1.82) is 0 Å². The van der Waals surface area contributed by atoms with E-state index in [0.717, 1.165) is 11.1 Å². The molecule has 0 aliphatic carbocycles. The van der Waals surface area contributed by atoms with Crippen LogP contribution in [0.5, 0.6) is 0 Å². The molecule has 0 unspecified atom stereocenters. The summed E-state index contributed by atoms with van der Waals surface area (Å²) in [6.45, 7) is 5.79. The lowest BCUT2D eigenvalue weighted by molar-refractivity contribution is 0.0523. The number of alkyl carbamates (subject to hydrolysis) is 1. The summed E-state index contributed by atoms with van der Waals surface area (Å²) in [4.78, 5) is 26.2. The lowest BCUT2D eigenvalue weighted by atomic mass is 10.1. The zero-order chi connectivity index (χ0) is 14.8. The molecular weight excluding hydrogens is 256 g/mol. The third kappa shape index (κ3) is 3.60. The largest absolute Gasteiger partial charge is 0.444 e. The van der Waals surface area contributed by atoms with Gasteiger partial charge in [0.15, 0.2) is 5.43 Å². The number of nitrogens with one attached hydrogen (secondary N) is 2. The van der Waals surface area contributed by atoms with Gasteiger partial charge in [0.2, 0.25) is 0 Å². The Labute approximate surface area is 117 Å². The predicted molar refractivity (Wildman–Crippen MR) is 77.6 cm³/mol. The molecule has 2 N–H and O–H groups in total. The molecule has 5 nitrogen and oxygen atoms in total. The highest BCUT2D eigenvalue weighted by atomic mass is 16.6. The van der Waals surface area contributed by atoms with Crippen LogP contribution in [0.1, 0.15) is 26.3 Å². The molecule has 1 heterocycles. The van der Waals surface area contributed by atoms with E-state index in [1.807, 2.05) is 32.9 Å². The van der Waals surface area contributed by atoms with Crippen LogP contribution in [0.25, 0.3) is 10.9 Å². The van der Waals surface area contributed by atoms with Gasteiger partial charge in [-0.15, -0.1) is 0 Å². The Morgan fingerprint density at radius 3 is 2.75 bits per heavy atom. The molecule has 0 saturated carbocycles. The van der Waals surface area contributed by atoms with E-state index < -0.39 is 11.7 Å². The molecule has 0 spiro atoms. The minimum absolute atomic E-state index is 0.0228. The number of pyridine rings is 1. The lowest BCUT2D eigenvalue weighted by Crippen LogP contribution is -2.32. The first-order chi connectivity index (χ1) is 9.35. The maximum atomic E-state index is 11.6. The van der Waals surface area contributed by atoms with Crippen LogP contribution in [0.3, 0.4) is 0 Å². The van der Waals surface area contributed by atoms with Gasteiger partial charge < -0.3 is 15.0 Å². The second kappa shape index (κ2) is 5.36. The highest BCUT2D eigenvalue weighted by molar-refractivity contribution is 5.78. The molecule has 0 aliphatic rings. The first-order valence-corrected chi connectivity index (χ1v) is 6.42. The second-order valence-corrected chi connectivity index (χ2v) is 5.58. The smallest absolute Gasteiger partial charge is 0.407 e. The lowest BCUT2D eigenvalue weighted by Gasteiger charge is -2.19. The van der Waals surface area contributed by atoms with E-state index in [9.17, 15) is 9.59 Å². The zero-order valence-electron chi connectivity index (χ0n) is 11.8. The van der Waals surface area contributed by atoms with Crippen LogP contribution in [0.2, 0.25) is 0 Å². The van der Waals surface area contributed by atoms with Gasteiger partial charge in [-0.2, -0.15) is 0 Å². The van der Waals surface area contributed by atoms with Crippen LogP contribution < -0.4 is 10.7 Å². The Hall–Kier alpha value is -2.30. The number of carbonyl (C=O) groups excluding carboxylic acids is 1. The number of fused-ring (bicyclic) bond motifs is 1. The summed E-state index contributed by atoms with van der Waals surface area (Å²) in [7, 11) is 0. The van der Waals surface area contributed by atoms with E-state index >= 15 is 0 Å². The molecule has 2 rings (SSSR count). The number of aromatic amines is 1. The summed E-state index contributed by atoms with van der Waals surface area (Å²) in [5, 5.41) is 3.31. The quantitative estimate of drug-likeness (QED) is 0.884. The van der Waals surface area contributed by atoms with E-state index in [2.05, 4.69) is 10.3 Å². The van der Waals surface area contributed by atoms with Gasteiger partial charge in [-0.05, 0) is 38.5 Å². The summed E-state index contributed by atoms with van der Waals surface area (Å²) in [5.74, 6) is 0. The van der Waals surface area contributed by atoms with E-state index in [-0.39, 0.29) is 5.43 Å². The van der Waals surface area contributed by atoms with Gasteiger partial charge in [-0.25, -0.2) is 4.79 Å². The van der Waals surface area contributed by atoms with Gasteiger partial charge >= 0.3 is 6.09 Å². The second-order valence-electron chi connectivity index (χ2n) is 5.58. The Kier molecular flexibility index (Phi) is 3.79. The monoisotopic (exact) mass is 274 g/mol. The summed E-state index contributed by atoms with van der Waals surface area (Å²) >= 11 is 0. The fourth-order valence-corrected chi connectivity index (χ4v) is 1.82. The van der Waals surface area contributed by atoms with Crippen molar-refractivity contribution in [3.8, 4) is 0 Å². The number of aromatic nitrogens is 1. The highest BCUT2D eigenvalue weighted by Crippen LogP contribution is 2.11. The normalized spacial score (nSPS) is 11.3. The standard InChI is InChI=1S/C15H18N2O3/c1-15(2,3)20-14(19)17-9-10-4-5-11-12(8-10)16-7-6-13(11)18/h4-8H,9H2,1-3H3,(H,16,18)(H,17,19). The molecule has 0 radical (unpaired) electrons. The molecule has 0 fully saturated rings. The van der Waals surface area contributed by atoms with Crippen LogP contribution in [0, 0.1) is 0 Å². The van der Waals surface area contributed by atoms with Crippen LogP contribution >= 0.6 is 0 Å². The number of hydrogen-bond acceptors (Lipinski definition) is 3. The fourth-order valence-electron chi connectivity index (χ4n) is 1.82. The van der Waals surface area contributed by atoms with Crippen molar-refractivity contribution >= 4 is 17.0 Å². The minimum Gasteiger partial charge on any atom is -0.444 e. The number of benzene rings is 1. The molecule has 0 saturated heterocycles. The average molecular weight is 274 g/mol. The van der Waals surface area contributed by atoms with E-state index in [1.165, 1.54) is 6.07 Å². The molecule has 1 amide bonds. The average Bonchev–Trinajstić information content (AvgIpc) is 2.34. The molecule has 106 valence electrons. The van der Waals surface area contributed by atoms with Crippen LogP contribution in [0.4, 0.5) is 4.79 Å². The first kappa shape index (κ1) is 14.1. The summed E-state index contributed by atoms with van der Waals surface area (Å²) in [6, 6.07) is 6.89. The number of ether oxygens (including phenoxy) is 1. The van der Waals surface area contributed by atoms with Crippen LogP contribution in [-0.4, -0.2) is 16.7 Å². The topological polar surface area (TPSA) is 71.2 Å². The van der Waals surface area contributed by atoms with Crippen LogP contribution in [0.15, 0.2) is 35.3 Å². The maximum absolute atomic E-state index is 11.6. The highest BCUT2D eigenvalue weighted by Gasteiger charge is 2.15. The van der Waals surface area contributed by atoms with Gasteiger partial charge in [0.05, 0.1) is 0 Å². The molecular formula is C15H18N2O3. The molecule has 0 atom stereocenters. The van der Waals surface area contributed by atoms with E-state index in [0.29, 0.717) is 11.9 Å². The summed E-state index contributed by atoms with van der Waals surface area (Å²) in [6.07, 6.45) is 1.15. The molecule has 0 aliphatic heterocycles. The molecule has 20 heavy (non-hydrogen) atoms. The van der Waals surface area contributed by atoms with E-state index in [1.54, 1.807) is 12.3 Å². The molecule has 2 aromatic rings. The van der Waals surface area contributed by atoms with Gasteiger partial charge in [0, 0.05) is 29.7 Å². The summed E-state index contributed by atoms with van der Waals surface area (Å²) < 4.78 is 5.16. The number of H-pyrrole nitrogens is 1. The van der Waals surface area contributed by atoms with Gasteiger partial charge in [-0.1, -0.05) is 6.07 Å². The van der Waals surface area contributed by atoms with Crippen molar-refractivity contribution in [2.24, 2.45) is 0 Å². The molecule has 0 bridgehead atoms. The third-order valence-corrected chi connectivity index (χ3v) is 2.66. The number of rotatable bonds is 2. The van der Waals surface area contributed by atoms with Gasteiger partial charge in [-0.3, -0.25) is 4.79 Å². The Balaban J connectivity index is 2.08. The maximum Gasteiger partial charge on any atom is 0.407 e. The van der Waals surface area contributed by atoms with Crippen molar-refractivity contribution < 1.29 is 9.53 Å². The van der Waals surface area contributed by atoms with Gasteiger partial charge in [0.1, 0.15) is 5.60 Å².